The number of anilines is 2. The van der Waals surface area contributed by atoms with Crippen LogP contribution in [0.2, 0.25) is 10.0 Å². The summed E-state index contributed by atoms with van der Waals surface area (Å²) in [6.07, 6.45) is 5.16. The zero-order chi connectivity index (χ0) is 13.1. The Morgan fingerprint density at radius 1 is 1.28 bits per heavy atom. The number of pyridine rings is 1. The number of hydrazine groups is 1. The van der Waals surface area contributed by atoms with E-state index in [0.717, 1.165) is 0 Å². The first-order valence-electron chi connectivity index (χ1n) is 6.21. The highest BCUT2D eigenvalue weighted by Gasteiger charge is 2.22. The first kappa shape index (κ1) is 13.7. The van der Waals surface area contributed by atoms with Crippen LogP contribution in [0.5, 0.6) is 0 Å². The van der Waals surface area contributed by atoms with Gasteiger partial charge in [-0.3, -0.25) is 0 Å². The largest absolute Gasteiger partial charge is 0.366 e. The van der Waals surface area contributed by atoms with Crippen molar-refractivity contribution in [2.24, 2.45) is 11.8 Å². The number of nitrogens with two attached hydrogens (primary N) is 1. The van der Waals surface area contributed by atoms with Gasteiger partial charge in [-0.15, -0.1) is 0 Å². The molecule has 4 N–H and O–H groups in total. The van der Waals surface area contributed by atoms with Crippen LogP contribution in [0.25, 0.3) is 0 Å². The lowest BCUT2D eigenvalue weighted by Crippen LogP contribution is -2.25. The number of nitrogen functional groups attached to an aromatic ring is 1. The molecule has 1 atom stereocenters. The quantitative estimate of drug-likeness (QED) is 0.584. The third kappa shape index (κ3) is 2.99. The van der Waals surface area contributed by atoms with E-state index in [-0.39, 0.29) is 0 Å². The second kappa shape index (κ2) is 5.95. The van der Waals surface area contributed by atoms with Gasteiger partial charge in [0.1, 0.15) is 5.82 Å². The van der Waals surface area contributed by atoms with Gasteiger partial charge < -0.3 is 10.7 Å². The Morgan fingerprint density at radius 3 is 2.50 bits per heavy atom. The van der Waals surface area contributed by atoms with E-state index in [4.69, 9.17) is 29.0 Å². The number of nitrogens with one attached hydrogen (secondary N) is 2. The molecule has 1 unspecified atom stereocenters. The molecule has 6 heteroatoms. The van der Waals surface area contributed by atoms with Gasteiger partial charge in [-0.25, -0.2) is 10.8 Å². The zero-order valence-corrected chi connectivity index (χ0v) is 11.9. The fourth-order valence-electron chi connectivity index (χ4n) is 2.46. The van der Waals surface area contributed by atoms with Crippen molar-refractivity contribution >= 4 is 34.8 Å². The second-order valence-electron chi connectivity index (χ2n) is 4.77. The Kier molecular flexibility index (Phi) is 4.54. The molecule has 0 aromatic carbocycles. The van der Waals surface area contributed by atoms with E-state index in [1.54, 1.807) is 6.07 Å². The number of hydrogen-bond donors (Lipinski definition) is 3. The summed E-state index contributed by atoms with van der Waals surface area (Å²) in [4.78, 5) is 4.29. The summed E-state index contributed by atoms with van der Waals surface area (Å²) < 4.78 is 0. The number of rotatable bonds is 4. The van der Waals surface area contributed by atoms with Gasteiger partial charge in [0, 0.05) is 6.04 Å². The lowest BCUT2D eigenvalue weighted by Gasteiger charge is -2.22. The van der Waals surface area contributed by atoms with Crippen LogP contribution in [0.4, 0.5) is 11.6 Å². The fourth-order valence-corrected chi connectivity index (χ4v) is 2.93. The van der Waals surface area contributed by atoms with Crippen LogP contribution in [0.1, 0.15) is 32.6 Å². The molecular weight excluding hydrogens is 271 g/mol. The molecule has 1 saturated carbocycles. The minimum atomic E-state index is 0.351. The van der Waals surface area contributed by atoms with E-state index in [1.165, 1.54) is 25.7 Å². The molecule has 1 aliphatic carbocycles. The first-order chi connectivity index (χ1) is 8.61. The number of halogens is 2. The van der Waals surface area contributed by atoms with Gasteiger partial charge in [0.25, 0.3) is 0 Å². The summed E-state index contributed by atoms with van der Waals surface area (Å²) in [5.41, 5.74) is 2.46. The fraction of sp³-hybridized carbons (Fsp3) is 0.583. The second-order valence-corrected chi connectivity index (χ2v) is 5.59. The van der Waals surface area contributed by atoms with Gasteiger partial charge in [0.05, 0.1) is 10.0 Å². The predicted molar refractivity (Wildman–Crippen MR) is 77.1 cm³/mol. The number of hydrogen-bond acceptors (Lipinski definition) is 4. The third-order valence-electron chi connectivity index (χ3n) is 3.54. The number of nitrogens with zero attached hydrogens (tertiary/aromatic N) is 1. The van der Waals surface area contributed by atoms with E-state index in [0.29, 0.717) is 33.6 Å². The smallest absolute Gasteiger partial charge is 0.161 e. The molecule has 0 saturated heterocycles. The van der Waals surface area contributed by atoms with Crippen molar-refractivity contribution in [2.45, 2.75) is 38.6 Å². The van der Waals surface area contributed by atoms with E-state index in [1.807, 2.05) is 0 Å². The minimum Gasteiger partial charge on any atom is -0.366 e. The van der Waals surface area contributed by atoms with Crippen molar-refractivity contribution in [3.05, 3.63) is 16.1 Å². The van der Waals surface area contributed by atoms with Crippen molar-refractivity contribution in [3.8, 4) is 0 Å². The standard InChI is InChI=1S/C12H18Cl2N4/c1-7(8-4-2-3-5-8)16-11-9(13)6-10(14)12(17-11)18-15/h6-8H,2-5,15H2,1H3,(H2,16,17,18). The Labute approximate surface area is 117 Å². The van der Waals surface area contributed by atoms with Crippen molar-refractivity contribution in [1.29, 1.82) is 0 Å². The lowest BCUT2D eigenvalue weighted by atomic mass is 10.00. The van der Waals surface area contributed by atoms with Crippen molar-refractivity contribution in [1.82, 2.24) is 4.98 Å². The van der Waals surface area contributed by atoms with Gasteiger partial charge in [-0.05, 0) is 31.7 Å². The van der Waals surface area contributed by atoms with Crippen LogP contribution in [0.3, 0.4) is 0 Å². The molecule has 1 heterocycles. The summed E-state index contributed by atoms with van der Waals surface area (Å²) in [6.45, 7) is 2.16. The van der Waals surface area contributed by atoms with Crippen molar-refractivity contribution in [2.75, 3.05) is 10.7 Å². The van der Waals surface area contributed by atoms with Gasteiger partial charge >= 0.3 is 0 Å². The molecule has 1 aromatic heterocycles. The molecule has 0 spiro atoms. The van der Waals surface area contributed by atoms with Gasteiger partial charge in [-0.1, -0.05) is 36.0 Å². The monoisotopic (exact) mass is 288 g/mol. The molecule has 0 radical (unpaired) electrons. The van der Waals surface area contributed by atoms with E-state index < -0.39 is 0 Å². The van der Waals surface area contributed by atoms with Crippen LogP contribution >= 0.6 is 23.2 Å². The van der Waals surface area contributed by atoms with Crippen LogP contribution in [0, 0.1) is 5.92 Å². The molecule has 100 valence electrons. The van der Waals surface area contributed by atoms with Crippen LogP contribution < -0.4 is 16.6 Å². The van der Waals surface area contributed by atoms with E-state index in [9.17, 15) is 0 Å². The molecule has 0 aliphatic heterocycles. The maximum Gasteiger partial charge on any atom is 0.161 e. The SMILES string of the molecule is CC(Nc1nc(NN)c(Cl)cc1Cl)C1CCCC1. The summed E-state index contributed by atoms with van der Waals surface area (Å²) in [6, 6.07) is 2.00. The maximum atomic E-state index is 6.13. The Morgan fingerprint density at radius 2 is 1.89 bits per heavy atom. The summed E-state index contributed by atoms with van der Waals surface area (Å²) in [5, 5.41) is 4.29. The minimum absolute atomic E-state index is 0.351. The zero-order valence-electron chi connectivity index (χ0n) is 10.3. The average Bonchev–Trinajstić information content (AvgIpc) is 2.86. The van der Waals surface area contributed by atoms with Gasteiger partial charge in [0.15, 0.2) is 5.82 Å². The Balaban J connectivity index is 2.12. The number of aromatic nitrogens is 1. The van der Waals surface area contributed by atoms with E-state index >= 15 is 0 Å². The maximum absolute atomic E-state index is 6.13. The highest BCUT2D eigenvalue weighted by Crippen LogP contribution is 2.32. The summed E-state index contributed by atoms with van der Waals surface area (Å²) in [5.74, 6) is 7.11. The molecule has 0 amide bonds. The van der Waals surface area contributed by atoms with Crippen molar-refractivity contribution in [3.63, 3.8) is 0 Å². The molecule has 18 heavy (non-hydrogen) atoms. The molecule has 4 nitrogen and oxygen atoms in total. The van der Waals surface area contributed by atoms with Crippen LogP contribution in [-0.4, -0.2) is 11.0 Å². The normalized spacial score (nSPS) is 17.8. The topological polar surface area (TPSA) is 63.0 Å². The van der Waals surface area contributed by atoms with Crippen LogP contribution in [0.15, 0.2) is 6.07 Å². The molecule has 1 aliphatic rings. The molecule has 0 bridgehead atoms. The highest BCUT2D eigenvalue weighted by atomic mass is 35.5. The molecule has 2 rings (SSSR count). The lowest BCUT2D eigenvalue weighted by molar-refractivity contribution is 0.481. The Hall–Kier alpha value is -0.710. The molecule has 1 fully saturated rings. The van der Waals surface area contributed by atoms with Gasteiger partial charge in [-0.2, -0.15) is 0 Å². The first-order valence-corrected chi connectivity index (χ1v) is 6.96. The molecule has 1 aromatic rings. The van der Waals surface area contributed by atoms with E-state index in [2.05, 4.69) is 22.7 Å². The molecular formula is C12H18Cl2N4. The average molecular weight is 289 g/mol. The summed E-state index contributed by atoms with van der Waals surface area (Å²) in [7, 11) is 0. The third-order valence-corrected chi connectivity index (χ3v) is 4.11. The van der Waals surface area contributed by atoms with Crippen LogP contribution in [-0.2, 0) is 0 Å². The van der Waals surface area contributed by atoms with Gasteiger partial charge in [0.2, 0.25) is 0 Å². The highest BCUT2D eigenvalue weighted by molar-refractivity contribution is 6.37. The van der Waals surface area contributed by atoms with Crippen molar-refractivity contribution < 1.29 is 0 Å². The summed E-state index contributed by atoms with van der Waals surface area (Å²) >= 11 is 12.1. The Bertz CT molecular complexity index is 419. The predicted octanol–water partition coefficient (Wildman–Crippen LogP) is 3.66.